The van der Waals surface area contributed by atoms with Crippen molar-refractivity contribution in [2.75, 3.05) is 26.8 Å². The van der Waals surface area contributed by atoms with Gasteiger partial charge in [0.05, 0.1) is 6.54 Å². The Labute approximate surface area is 139 Å². The van der Waals surface area contributed by atoms with Crippen LogP contribution in [0.25, 0.3) is 0 Å². The molecule has 0 saturated heterocycles. The predicted octanol–water partition coefficient (Wildman–Crippen LogP) is 2.54. The van der Waals surface area contributed by atoms with Crippen molar-refractivity contribution in [2.24, 2.45) is 0 Å². The first kappa shape index (κ1) is 17.6. The van der Waals surface area contributed by atoms with E-state index >= 15 is 0 Å². The van der Waals surface area contributed by atoms with Crippen LogP contribution in [-0.4, -0.2) is 54.6 Å². The van der Waals surface area contributed by atoms with E-state index < -0.39 is 0 Å². The highest BCUT2D eigenvalue weighted by molar-refractivity contribution is 5.78. The van der Waals surface area contributed by atoms with E-state index in [4.69, 9.17) is 9.47 Å². The third-order valence-electron chi connectivity index (χ3n) is 3.86. The molecule has 0 aromatic heterocycles. The highest BCUT2D eigenvalue weighted by atomic mass is 16.6. The van der Waals surface area contributed by atoms with E-state index in [2.05, 4.69) is 27.7 Å². The topological polar surface area (TPSA) is 42.0 Å². The number of carbonyl (C=O) groups is 1. The summed E-state index contributed by atoms with van der Waals surface area (Å²) in [7, 11) is 1.97. The molecule has 0 saturated carbocycles. The molecule has 0 bridgehead atoms. The van der Waals surface area contributed by atoms with E-state index in [-0.39, 0.29) is 18.0 Å². The molecule has 0 fully saturated rings. The van der Waals surface area contributed by atoms with Crippen molar-refractivity contribution >= 4 is 5.91 Å². The maximum atomic E-state index is 12.5. The Bertz CT molecular complexity index is 535. The number of fused-ring (bicyclic) bond motifs is 1. The minimum Gasteiger partial charge on any atom is -0.486 e. The molecule has 0 aliphatic carbocycles. The molecule has 0 unspecified atom stereocenters. The summed E-state index contributed by atoms with van der Waals surface area (Å²) in [4.78, 5) is 16.5. The van der Waals surface area contributed by atoms with E-state index in [0.29, 0.717) is 26.3 Å². The van der Waals surface area contributed by atoms with Crippen LogP contribution in [0.1, 0.15) is 33.3 Å². The second kappa shape index (κ2) is 7.68. The van der Waals surface area contributed by atoms with Crippen LogP contribution < -0.4 is 9.47 Å². The number of rotatable bonds is 6. The standard InChI is InChI=1S/C18H28N2O3/c1-13(2)20(14(3)4)18(21)12-19(5)11-15-6-7-16-17(10-15)23-9-8-22-16/h6-7,10,13-14H,8-9,11-12H2,1-5H3. The van der Waals surface area contributed by atoms with Crippen molar-refractivity contribution in [3.8, 4) is 11.5 Å². The maximum Gasteiger partial charge on any atom is 0.237 e. The van der Waals surface area contributed by atoms with Gasteiger partial charge in [-0.15, -0.1) is 0 Å². The van der Waals surface area contributed by atoms with Gasteiger partial charge in [0.1, 0.15) is 13.2 Å². The molecule has 1 aromatic carbocycles. The summed E-state index contributed by atoms with van der Waals surface area (Å²) in [5.41, 5.74) is 1.12. The van der Waals surface area contributed by atoms with Crippen molar-refractivity contribution in [3.05, 3.63) is 23.8 Å². The summed E-state index contributed by atoms with van der Waals surface area (Å²) in [6, 6.07) is 6.39. The largest absolute Gasteiger partial charge is 0.486 e. The molecule has 1 aliphatic heterocycles. The van der Waals surface area contributed by atoms with Crippen molar-refractivity contribution in [1.82, 2.24) is 9.80 Å². The van der Waals surface area contributed by atoms with Gasteiger partial charge in [0.25, 0.3) is 0 Å². The molecule has 23 heavy (non-hydrogen) atoms. The highest BCUT2D eigenvalue weighted by Gasteiger charge is 2.21. The molecule has 1 aromatic rings. The van der Waals surface area contributed by atoms with Gasteiger partial charge in [-0.25, -0.2) is 0 Å². The second-order valence-corrected chi connectivity index (χ2v) is 6.64. The fourth-order valence-corrected chi connectivity index (χ4v) is 3.04. The van der Waals surface area contributed by atoms with E-state index in [1.54, 1.807) is 0 Å². The van der Waals surface area contributed by atoms with E-state index in [0.717, 1.165) is 17.1 Å². The normalized spacial score (nSPS) is 13.7. The molecule has 0 spiro atoms. The lowest BCUT2D eigenvalue weighted by molar-refractivity contribution is -0.135. The lowest BCUT2D eigenvalue weighted by atomic mass is 10.1. The molecule has 5 nitrogen and oxygen atoms in total. The van der Waals surface area contributed by atoms with E-state index in [1.165, 1.54) is 0 Å². The van der Waals surface area contributed by atoms with Crippen LogP contribution in [0.3, 0.4) is 0 Å². The number of amides is 1. The Balaban J connectivity index is 1.96. The van der Waals surface area contributed by atoms with Crippen LogP contribution in [0.5, 0.6) is 11.5 Å². The Morgan fingerprint density at radius 1 is 1.09 bits per heavy atom. The molecule has 0 atom stereocenters. The first-order valence-corrected chi connectivity index (χ1v) is 8.26. The Hall–Kier alpha value is -1.75. The monoisotopic (exact) mass is 320 g/mol. The van der Waals surface area contributed by atoms with Crippen LogP contribution in [-0.2, 0) is 11.3 Å². The second-order valence-electron chi connectivity index (χ2n) is 6.64. The van der Waals surface area contributed by atoms with Gasteiger partial charge in [-0.1, -0.05) is 6.07 Å². The van der Waals surface area contributed by atoms with Gasteiger partial charge < -0.3 is 14.4 Å². The number of likely N-dealkylation sites (N-methyl/N-ethyl adjacent to an activating group) is 1. The zero-order valence-electron chi connectivity index (χ0n) is 14.8. The van der Waals surface area contributed by atoms with Gasteiger partial charge in [0.15, 0.2) is 11.5 Å². The molecule has 5 heteroatoms. The fraction of sp³-hybridized carbons (Fsp3) is 0.611. The summed E-state index contributed by atoms with van der Waals surface area (Å²) in [6.45, 7) is 10.5. The first-order valence-electron chi connectivity index (χ1n) is 8.26. The Morgan fingerprint density at radius 3 is 2.30 bits per heavy atom. The number of nitrogens with zero attached hydrogens (tertiary/aromatic N) is 2. The molecule has 2 rings (SSSR count). The minimum atomic E-state index is 0.162. The number of hydrogen-bond donors (Lipinski definition) is 0. The third kappa shape index (κ3) is 4.61. The molecule has 1 aliphatic rings. The molecule has 1 heterocycles. The average molecular weight is 320 g/mol. The predicted molar refractivity (Wildman–Crippen MR) is 90.9 cm³/mol. The number of ether oxygens (including phenoxy) is 2. The molecular formula is C18H28N2O3. The zero-order valence-corrected chi connectivity index (χ0v) is 14.8. The smallest absolute Gasteiger partial charge is 0.237 e. The quantitative estimate of drug-likeness (QED) is 0.808. The summed E-state index contributed by atoms with van der Waals surface area (Å²) < 4.78 is 11.1. The Kier molecular flexibility index (Phi) is 5.88. The minimum absolute atomic E-state index is 0.162. The lowest BCUT2D eigenvalue weighted by Crippen LogP contribution is -2.46. The summed E-state index contributed by atoms with van der Waals surface area (Å²) in [5.74, 6) is 1.75. The number of hydrogen-bond acceptors (Lipinski definition) is 4. The number of benzene rings is 1. The Morgan fingerprint density at radius 2 is 1.70 bits per heavy atom. The fourth-order valence-electron chi connectivity index (χ4n) is 3.04. The highest BCUT2D eigenvalue weighted by Crippen LogP contribution is 2.31. The van der Waals surface area contributed by atoms with Crippen LogP contribution >= 0.6 is 0 Å². The summed E-state index contributed by atoms with van der Waals surface area (Å²) in [6.07, 6.45) is 0. The van der Waals surface area contributed by atoms with Crippen LogP contribution in [0.2, 0.25) is 0 Å². The summed E-state index contributed by atoms with van der Waals surface area (Å²) in [5, 5.41) is 0. The number of carbonyl (C=O) groups excluding carboxylic acids is 1. The van der Waals surface area contributed by atoms with Crippen molar-refractivity contribution in [3.63, 3.8) is 0 Å². The van der Waals surface area contributed by atoms with Gasteiger partial charge >= 0.3 is 0 Å². The molecule has 128 valence electrons. The van der Waals surface area contributed by atoms with Crippen molar-refractivity contribution in [1.29, 1.82) is 0 Å². The first-order chi connectivity index (χ1) is 10.9. The SMILES string of the molecule is CC(C)N(C(=O)CN(C)Cc1ccc2c(c1)OCCO2)C(C)C. The molecular weight excluding hydrogens is 292 g/mol. The molecule has 0 N–H and O–H groups in total. The van der Waals surface area contributed by atoms with Crippen molar-refractivity contribution < 1.29 is 14.3 Å². The van der Waals surface area contributed by atoms with Crippen LogP contribution in [0.15, 0.2) is 18.2 Å². The van der Waals surface area contributed by atoms with Crippen LogP contribution in [0, 0.1) is 0 Å². The van der Waals surface area contributed by atoms with Gasteiger partial charge in [0, 0.05) is 18.6 Å². The van der Waals surface area contributed by atoms with Gasteiger partial charge in [-0.05, 0) is 52.4 Å². The zero-order chi connectivity index (χ0) is 17.0. The van der Waals surface area contributed by atoms with E-state index in [1.807, 2.05) is 35.0 Å². The van der Waals surface area contributed by atoms with Crippen LogP contribution in [0.4, 0.5) is 0 Å². The van der Waals surface area contributed by atoms with Gasteiger partial charge in [-0.3, -0.25) is 9.69 Å². The summed E-state index contributed by atoms with van der Waals surface area (Å²) >= 11 is 0. The van der Waals surface area contributed by atoms with Gasteiger partial charge in [0.2, 0.25) is 5.91 Å². The van der Waals surface area contributed by atoms with Crippen molar-refractivity contribution in [2.45, 2.75) is 46.3 Å². The lowest BCUT2D eigenvalue weighted by Gasteiger charge is -2.32. The average Bonchev–Trinajstić information content (AvgIpc) is 2.45. The molecule has 1 amide bonds. The van der Waals surface area contributed by atoms with E-state index in [9.17, 15) is 4.79 Å². The molecule has 0 radical (unpaired) electrons. The van der Waals surface area contributed by atoms with Gasteiger partial charge in [-0.2, -0.15) is 0 Å². The third-order valence-corrected chi connectivity index (χ3v) is 3.86. The maximum absolute atomic E-state index is 12.5.